The third-order valence-corrected chi connectivity index (χ3v) is 4.89. The molecular weight excluding hydrogens is 392 g/mol. The van der Waals surface area contributed by atoms with Crippen LogP contribution in [0.3, 0.4) is 0 Å². The largest absolute Gasteiger partial charge is 0.497 e. The Morgan fingerprint density at radius 2 is 1.68 bits per heavy atom. The molecule has 7 heteroatoms. The Balaban J connectivity index is 1.38. The van der Waals surface area contributed by atoms with Gasteiger partial charge in [-0.2, -0.15) is 5.10 Å². The second kappa shape index (κ2) is 9.13. The molecule has 0 saturated heterocycles. The van der Waals surface area contributed by atoms with Crippen LogP contribution in [0.1, 0.15) is 10.4 Å². The topological polar surface area (TPSA) is 78.1 Å². The lowest BCUT2D eigenvalue weighted by molar-refractivity contribution is 0.0951. The number of nitrogens with one attached hydrogen (secondary N) is 1. The van der Waals surface area contributed by atoms with Crippen molar-refractivity contribution in [3.05, 3.63) is 101 Å². The summed E-state index contributed by atoms with van der Waals surface area (Å²) in [5.41, 5.74) is 2.87. The summed E-state index contributed by atoms with van der Waals surface area (Å²) >= 11 is 0. The van der Waals surface area contributed by atoms with Crippen molar-refractivity contribution in [3.63, 3.8) is 0 Å². The van der Waals surface area contributed by atoms with E-state index in [1.807, 2.05) is 65.5 Å². The fraction of sp³-hybridized carbons (Fsp3) is 0.125. The molecule has 1 amide bonds. The number of rotatable bonds is 7. The van der Waals surface area contributed by atoms with Gasteiger partial charge in [0.2, 0.25) is 0 Å². The molecule has 0 radical (unpaired) electrons. The summed E-state index contributed by atoms with van der Waals surface area (Å²) in [6, 6.07) is 21.8. The van der Waals surface area contributed by atoms with Crippen molar-refractivity contribution in [1.82, 2.24) is 19.7 Å². The first-order valence-corrected chi connectivity index (χ1v) is 9.88. The van der Waals surface area contributed by atoms with Gasteiger partial charge < -0.3 is 14.6 Å². The first-order chi connectivity index (χ1) is 15.1. The van der Waals surface area contributed by atoms with Crippen molar-refractivity contribution in [2.24, 2.45) is 0 Å². The molecule has 0 unspecified atom stereocenters. The first kappa shape index (κ1) is 20.2. The highest BCUT2D eigenvalue weighted by molar-refractivity contribution is 5.94. The van der Waals surface area contributed by atoms with Gasteiger partial charge in [-0.1, -0.05) is 0 Å². The predicted octanol–water partition coefficient (Wildman–Crippen LogP) is 3.14. The summed E-state index contributed by atoms with van der Waals surface area (Å²) < 4.78 is 8.49. The Labute approximate surface area is 179 Å². The second-order valence-corrected chi connectivity index (χ2v) is 6.90. The zero-order valence-corrected chi connectivity index (χ0v) is 17.1. The molecular formula is C24H22N4O3. The molecule has 0 fully saturated rings. The van der Waals surface area contributed by atoms with Crippen molar-refractivity contribution >= 4 is 5.91 Å². The van der Waals surface area contributed by atoms with Crippen LogP contribution in [0.5, 0.6) is 5.75 Å². The number of carbonyl (C=O) groups excluding carboxylic acids is 1. The number of carbonyl (C=O) groups is 1. The number of ether oxygens (including phenoxy) is 1. The van der Waals surface area contributed by atoms with Crippen LogP contribution in [0.4, 0.5) is 0 Å². The smallest absolute Gasteiger partial charge is 0.266 e. The van der Waals surface area contributed by atoms with Crippen molar-refractivity contribution in [3.8, 4) is 22.7 Å². The Hall–Kier alpha value is -4.13. The van der Waals surface area contributed by atoms with Crippen LogP contribution < -0.4 is 15.6 Å². The van der Waals surface area contributed by atoms with E-state index in [2.05, 4.69) is 10.4 Å². The van der Waals surface area contributed by atoms with Crippen molar-refractivity contribution in [2.45, 2.75) is 6.54 Å². The zero-order chi connectivity index (χ0) is 21.6. The number of aromatic nitrogens is 3. The molecule has 2 aromatic heterocycles. The number of nitrogens with zero attached hydrogens (tertiary/aromatic N) is 3. The summed E-state index contributed by atoms with van der Waals surface area (Å²) in [5.74, 6) is 0.555. The lowest BCUT2D eigenvalue weighted by atomic mass is 10.1. The molecule has 0 atom stereocenters. The molecule has 4 aromatic rings. The summed E-state index contributed by atoms with van der Waals surface area (Å²) in [7, 11) is 1.61. The average molecular weight is 414 g/mol. The third-order valence-electron chi connectivity index (χ3n) is 4.89. The van der Waals surface area contributed by atoms with Crippen molar-refractivity contribution in [1.29, 1.82) is 0 Å². The summed E-state index contributed by atoms with van der Waals surface area (Å²) in [4.78, 5) is 24.6. The molecule has 0 bridgehead atoms. The third kappa shape index (κ3) is 4.72. The van der Waals surface area contributed by atoms with Crippen molar-refractivity contribution < 1.29 is 9.53 Å². The van der Waals surface area contributed by atoms with Crippen LogP contribution in [0, 0.1) is 0 Å². The minimum atomic E-state index is -0.220. The van der Waals surface area contributed by atoms with E-state index in [9.17, 15) is 9.59 Å². The molecule has 0 saturated carbocycles. The van der Waals surface area contributed by atoms with Crippen LogP contribution in [0.15, 0.2) is 90.0 Å². The maximum Gasteiger partial charge on any atom is 0.266 e. The maximum absolute atomic E-state index is 12.4. The SMILES string of the molecule is COc1ccc(-c2ccc(=O)n(CCNC(=O)c3ccc(-n4cccc4)cc3)n2)cc1. The summed E-state index contributed by atoms with van der Waals surface area (Å²) in [5, 5.41) is 7.26. The first-order valence-electron chi connectivity index (χ1n) is 9.88. The van der Waals surface area contributed by atoms with E-state index in [0.29, 0.717) is 11.3 Å². The molecule has 7 nitrogen and oxygen atoms in total. The van der Waals surface area contributed by atoms with E-state index < -0.39 is 0 Å². The molecule has 0 aliphatic rings. The van der Waals surface area contributed by atoms with Gasteiger partial charge >= 0.3 is 0 Å². The standard InChI is InChI=1S/C24H22N4O3/c1-31-21-10-6-18(7-11-21)22-12-13-23(29)28(26-22)17-14-25-24(30)19-4-8-20(9-5-19)27-15-2-3-16-27/h2-13,15-16H,14,17H2,1H3,(H,25,30). The van der Waals surface area contributed by atoms with E-state index in [1.54, 1.807) is 25.3 Å². The Morgan fingerprint density at radius 3 is 2.35 bits per heavy atom. The highest BCUT2D eigenvalue weighted by Crippen LogP contribution is 2.19. The summed E-state index contributed by atoms with van der Waals surface area (Å²) in [6.45, 7) is 0.563. The fourth-order valence-corrected chi connectivity index (χ4v) is 3.19. The molecule has 31 heavy (non-hydrogen) atoms. The lowest BCUT2D eigenvalue weighted by Gasteiger charge is -2.09. The second-order valence-electron chi connectivity index (χ2n) is 6.90. The number of benzene rings is 2. The zero-order valence-electron chi connectivity index (χ0n) is 17.1. The van der Waals surface area contributed by atoms with Gasteiger partial charge in [-0.15, -0.1) is 0 Å². The van der Waals surface area contributed by atoms with E-state index >= 15 is 0 Å². The van der Waals surface area contributed by atoms with Gasteiger partial charge in [-0.25, -0.2) is 4.68 Å². The monoisotopic (exact) mass is 414 g/mol. The minimum absolute atomic E-state index is 0.196. The van der Waals surface area contributed by atoms with Gasteiger partial charge in [-0.3, -0.25) is 9.59 Å². The Kier molecular flexibility index (Phi) is 5.93. The van der Waals surface area contributed by atoms with Gasteiger partial charge in [0.25, 0.3) is 11.5 Å². The lowest BCUT2D eigenvalue weighted by Crippen LogP contribution is -2.31. The van der Waals surface area contributed by atoms with Crippen molar-refractivity contribution in [2.75, 3.05) is 13.7 Å². The molecule has 1 N–H and O–H groups in total. The number of hydrogen-bond donors (Lipinski definition) is 1. The van der Waals surface area contributed by atoms with Crippen LogP contribution in [-0.2, 0) is 6.54 Å². The van der Waals surface area contributed by atoms with E-state index in [-0.39, 0.29) is 24.6 Å². The van der Waals surface area contributed by atoms with E-state index in [0.717, 1.165) is 17.0 Å². The van der Waals surface area contributed by atoms with E-state index in [4.69, 9.17) is 4.74 Å². The minimum Gasteiger partial charge on any atom is -0.497 e. The molecule has 0 aliphatic heterocycles. The molecule has 4 rings (SSSR count). The van der Waals surface area contributed by atoms with Crippen LogP contribution in [0.25, 0.3) is 16.9 Å². The highest BCUT2D eigenvalue weighted by Gasteiger charge is 2.07. The van der Waals surface area contributed by atoms with Gasteiger partial charge in [-0.05, 0) is 66.7 Å². The fourth-order valence-electron chi connectivity index (χ4n) is 3.19. The number of hydrogen-bond acceptors (Lipinski definition) is 4. The molecule has 2 aromatic carbocycles. The van der Waals surface area contributed by atoms with Gasteiger partial charge in [0.1, 0.15) is 5.75 Å². The van der Waals surface area contributed by atoms with Crippen LogP contribution in [-0.4, -0.2) is 33.9 Å². The maximum atomic E-state index is 12.4. The number of amides is 1. The van der Waals surface area contributed by atoms with Gasteiger partial charge in [0.15, 0.2) is 0 Å². The average Bonchev–Trinajstić information content (AvgIpc) is 3.35. The molecule has 2 heterocycles. The highest BCUT2D eigenvalue weighted by atomic mass is 16.5. The predicted molar refractivity (Wildman–Crippen MR) is 119 cm³/mol. The normalized spacial score (nSPS) is 10.6. The Bertz CT molecular complexity index is 1210. The Morgan fingerprint density at radius 1 is 0.968 bits per heavy atom. The molecule has 0 aliphatic carbocycles. The summed E-state index contributed by atoms with van der Waals surface area (Å²) in [6.07, 6.45) is 3.89. The molecule has 156 valence electrons. The van der Waals surface area contributed by atoms with Gasteiger partial charge in [0.05, 0.1) is 19.3 Å². The molecule has 0 spiro atoms. The van der Waals surface area contributed by atoms with E-state index in [1.165, 1.54) is 10.7 Å². The van der Waals surface area contributed by atoms with Crippen LogP contribution >= 0.6 is 0 Å². The van der Waals surface area contributed by atoms with Crippen LogP contribution in [0.2, 0.25) is 0 Å². The van der Waals surface area contributed by atoms with Gasteiger partial charge in [0, 0.05) is 41.8 Å². The quantitative estimate of drug-likeness (QED) is 0.504. The number of methoxy groups -OCH3 is 1.